The van der Waals surface area contributed by atoms with Gasteiger partial charge >= 0.3 is 0 Å². The van der Waals surface area contributed by atoms with Gasteiger partial charge in [-0.2, -0.15) is 5.10 Å². The highest BCUT2D eigenvalue weighted by Crippen LogP contribution is 2.20. The number of aromatic nitrogens is 3. The highest BCUT2D eigenvalue weighted by molar-refractivity contribution is 5.65. The van der Waals surface area contributed by atoms with Crippen molar-refractivity contribution in [2.75, 3.05) is 0 Å². The summed E-state index contributed by atoms with van der Waals surface area (Å²) >= 11 is 0. The molecule has 142 valence electrons. The van der Waals surface area contributed by atoms with Gasteiger partial charge in [0.05, 0.1) is 18.3 Å². The Bertz CT molecular complexity index is 1160. The van der Waals surface area contributed by atoms with E-state index in [4.69, 9.17) is 0 Å². The topological polar surface area (TPSA) is 59.5 Å². The lowest BCUT2D eigenvalue weighted by molar-refractivity contribution is 0.155. The predicted molar refractivity (Wildman–Crippen MR) is 110 cm³/mol. The van der Waals surface area contributed by atoms with Crippen LogP contribution in [0.1, 0.15) is 29.7 Å². The van der Waals surface area contributed by atoms with E-state index in [0.29, 0.717) is 5.52 Å². The molecule has 0 saturated carbocycles. The third kappa shape index (κ3) is 3.49. The van der Waals surface area contributed by atoms with Crippen molar-refractivity contribution in [1.29, 1.82) is 0 Å². The Labute approximate surface area is 163 Å². The third-order valence-electron chi connectivity index (χ3n) is 5.09. The monoisotopic (exact) mass is 373 g/mol. The van der Waals surface area contributed by atoms with E-state index >= 15 is 0 Å². The first-order chi connectivity index (χ1) is 13.5. The standard InChI is InChI=1S/C23H23N3O2/c1-3-17-6-10-18(11-7-17)20-14-21-23(28)25(12-13-26(21)24-20)15-22(27)19-8-4-16(2)5-9-19/h4-14,22,27H,3,15H2,1-2H3/t22-/m1/s1. The molecule has 1 N–H and O–H groups in total. The molecule has 5 heteroatoms. The van der Waals surface area contributed by atoms with E-state index in [-0.39, 0.29) is 12.1 Å². The fourth-order valence-corrected chi connectivity index (χ4v) is 3.30. The van der Waals surface area contributed by atoms with Gasteiger partial charge in [-0.3, -0.25) is 4.79 Å². The predicted octanol–water partition coefficient (Wildman–Crippen LogP) is 3.77. The van der Waals surface area contributed by atoms with Gasteiger partial charge in [0.25, 0.3) is 5.56 Å². The molecule has 0 aliphatic heterocycles. The fourth-order valence-electron chi connectivity index (χ4n) is 3.30. The molecule has 2 heterocycles. The van der Waals surface area contributed by atoms with E-state index in [2.05, 4.69) is 24.2 Å². The maximum atomic E-state index is 12.9. The average Bonchev–Trinajstić information content (AvgIpc) is 3.16. The smallest absolute Gasteiger partial charge is 0.276 e. The number of nitrogens with zero attached hydrogens (tertiary/aromatic N) is 3. The van der Waals surface area contributed by atoms with Crippen molar-refractivity contribution in [2.24, 2.45) is 0 Å². The molecular formula is C23H23N3O2. The summed E-state index contributed by atoms with van der Waals surface area (Å²) in [6.45, 7) is 4.32. The molecule has 5 nitrogen and oxygen atoms in total. The van der Waals surface area contributed by atoms with Crippen LogP contribution in [0.5, 0.6) is 0 Å². The number of benzene rings is 2. The number of hydrogen-bond acceptors (Lipinski definition) is 3. The second kappa shape index (κ2) is 7.44. The minimum Gasteiger partial charge on any atom is -0.387 e. The summed E-state index contributed by atoms with van der Waals surface area (Å²) in [5.74, 6) is 0. The molecule has 0 aliphatic carbocycles. The second-order valence-electron chi connectivity index (χ2n) is 7.09. The van der Waals surface area contributed by atoms with Crippen molar-refractivity contribution in [1.82, 2.24) is 14.2 Å². The molecule has 0 amide bonds. The number of aliphatic hydroxyl groups excluding tert-OH is 1. The van der Waals surface area contributed by atoms with Crippen molar-refractivity contribution >= 4 is 5.52 Å². The molecule has 0 unspecified atom stereocenters. The van der Waals surface area contributed by atoms with E-state index in [0.717, 1.165) is 28.8 Å². The number of rotatable bonds is 5. The maximum absolute atomic E-state index is 12.9. The lowest BCUT2D eigenvalue weighted by Crippen LogP contribution is -2.24. The Morgan fingerprint density at radius 3 is 2.43 bits per heavy atom. The van der Waals surface area contributed by atoms with Gasteiger partial charge in [-0.1, -0.05) is 61.0 Å². The molecule has 0 aliphatic rings. The Kier molecular flexibility index (Phi) is 4.84. The highest BCUT2D eigenvalue weighted by Gasteiger charge is 2.13. The SMILES string of the molecule is CCc1ccc(-c2cc3c(=O)n(C[C@@H](O)c4ccc(C)cc4)ccn3n2)cc1. The van der Waals surface area contributed by atoms with Gasteiger partial charge in [-0.25, -0.2) is 4.52 Å². The van der Waals surface area contributed by atoms with E-state index in [1.54, 1.807) is 23.0 Å². The van der Waals surface area contributed by atoms with Crippen molar-refractivity contribution in [3.8, 4) is 11.3 Å². The van der Waals surface area contributed by atoms with Crippen LogP contribution in [0.4, 0.5) is 0 Å². The first-order valence-electron chi connectivity index (χ1n) is 9.48. The Morgan fingerprint density at radius 1 is 1.04 bits per heavy atom. The minimum absolute atomic E-state index is 0.169. The molecule has 1 atom stereocenters. The normalized spacial score (nSPS) is 12.4. The molecule has 0 fully saturated rings. The van der Waals surface area contributed by atoms with Gasteiger partial charge < -0.3 is 9.67 Å². The molecule has 2 aromatic heterocycles. The van der Waals surface area contributed by atoms with Gasteiger partial charge in [0.2, 0.25) is 0 Å². The van der Waals surface area contributed by atoms with Gasteiger partial charge in [0.1, 0.15) is 5.52 Å². The van der Waals surface area contributed by atoms with Crippen molar-refractivity contribution in [3.05, 3.63) is 94.0 Å². The average molecular weight is 373 g/mol. The fraction of sp³-hybridized carbons (Fsp3) is 0.217. The van der Waals surface area contributed by atoms with Gasteiger partial charge in [0, 0.05) is 18.0 Å². The molecular weight excluding hydrogens is 350 g/mol. The van der Waals surface area contributed by atoms with Crippen LogP contribution in [0.15, 0.2) is 71.8 Å². The summed E-state index contributed by atoms with van der Waals surface area (Å²) in [6, 6.07) is 17.7. The second-order valence-corrected chi connectivity index (χ2v) is 7.09. The zero-order valence-electron chi connectivity index (χ0n) is 16.0. The summed E-state index contributed by atoms with van der Waals surface area (Å²) in [4.78, 5) is 12.9. The molecule has 0 saturated heterocycles. The van der Waals surface area contributed by atoms with Crippen LogP contribution in [-0.4, -0.2) is 19.3 Å². The molecule has 4 rings (SSSR count). The van der Waals surface area contributed by atoms with Crippen LogP contribution < -0.4 is 5.56 Å². The van der Waals surface area contributed by atoms with E-state index in [1.165, 1.54) is 10.1 Å². The molecule has 2 aromatic carbocycles. The van der Waals surface area contributed by atoms with Crippen LogP contribution in [0.25, 0.3) is 16.8 Å². The van der Waals surface area contributed by atoms with Crippen LogP contribution in [0.2, 0.25) is 0 Å². The van der Waals surface area contributed by atoms with E-state index in [1.807, 2.05) is 43.3 Å². The first-order valence-corrected chi connectivity index (χ1v) is 9.48. The van der Waals surface area contributed by atoms with Crippen molar-refractivity contribution in [2.45, 2.75) is 32.9 Å². The summed E-state index contributed by atoms with van der Waals surface area (Å²) in [5, 5.41) is 15.0. The zero-order chi connectivity index (χ0) is 19.7. The summed E-state index contributed by atoms with van der Waals surface area (Å²) in [6.07, 6.45) is 3.66. The van der Waals surface area contributed by atoms with Crippen molar-refractivity contribution < 1.29 is 5.11 Å². The number of aryl methyl sites for hydroxylation is 2. The summed E-state index contributed by atoms with van der Waals surface area (Å²) in [7, 11) is 0. The quantitative estimate of drug-likeness (QED) is 0.579. The first kappa shape index (κ1) is 18.2. The Hall–Kier alpha value is -3.18. The summed E-state index contributed by atoms with van der Waals surface area (Å²) in [5.41, 5.74) is 5.25. The maximum Gasteiger partial charge on any atom is 0.276 e. The number of hydrogen-bond donors (Lipinski definition) is 1. The molecule has 4 aromatic rings. The third-order valence-corrected chi connectivity index (χ3v) is 5.09. The zero-order valence-corrected chi connectivity index (χ0v) is 16.0. The molecule has 0 bridgehead atoms. The Balaban J connectivity index is 1.64. The molecule has 0 radical (unpaired) electrons. The van der Waals surface area contributed by atoms with Gasteiger partial charge in [-0.05, 0) is 30.5 Å². The molecule has 0 spiro atoms. The largest absolute Gasteiger partial charge is 0.387 e. The number of fused-ring (bicyclic) bond motifs is 1. The van der Waals surface area contributed by atoms with Crippen molar-refractivity contribution in [3.63, 3.8) is 0 Å². The van der Waals surface area contributed by atoms with Gasteiger partial charge in [0.15, 0.2) is 0 Å². The minimum atomic E-state index is -0.746. The van der Waals surface area contributed by atoms with E-state index in [9.17, 15) is 9.90 Å². The Morgan fingerprint density at radius 2 is 1.75 bits per heavy atom. The molecule has 28 heavy (non-hydrogen) atoms. The van der Waals surface area contributed by atoms with Crippen LogP contribution >= 0.6 is 0 Å². The highest BCUT2D eigenvalue weighted by atomic mass is 16.3. The lowest BCUT2D eigenvalue weighted by atomic mass is 10.1. The lowest BCUT2D eigenvalue weighted by Gasteiger charge is -2.13. The van der Waals surface area contributed by atoms with E-state index < -0.39 is 6.10 Å². The van der Waals surface area contributed by atoms with Crippen LogP contribution in [0.3, 0.4) is 0 Å². The van der Waals surface area contributed by atoms with Crippen LogP contribution in [-0.2, 0) is 13.0 Å². The van der Waals surface area contributed by atoms with Crippen LogP contribution in [0, 0.1) is 6.92 Å². The number of aliphatic hydroxyl groups is 1. The summed E-state index contributed by atoms with van der Waals surface area (Å²) < 4.78 is 3.13. The van der Waals surface area contributed by atoms with Gasteiger partial charge in [-0.15, -0.1) is 0 Å².